The van der Waals surface area contributed by atoms with Crippen LogP contribution in [0.25, 0.3) is 116 Å². The van der Waals surface area contributed by atoms with Crippen molar-refractivity contribution in [2.24, 2.45) is 0 Å². The summed E-state index contributed by atoms with van der Waals surface area (Å²) in [6.45, 7) is -0.315. The van der Waals surface area contributed by atoms with E-state index >= 15 is 0 Å². The maximum atomic E-state index is 6.96. The Labute approximate surface area is 378 Å². The van der Waals surface area contributed by atoms with E-state index in [2.05, 4.69) is 187 Å². The lowest BCUT2D eigenvalue weighted by atomic mass is 9.50. The number of fused-ring (bicyclic) bond motifs is 13. The summed E-state index contributed by atoms with van der Waals surface area (Å²) in [7, 11) is 0. The summed E-state index contributed by atoms with van der Waals surface area (Å²) in [5, 5.41) is 6.86. The quantitative estimate of drug-likeness (QED) is 0.166. The number of rotatable bonds is 4. The van der Waals surface area contributed by atoms with Gasteiger partial charge in [-0.15, -0.1) is 0 Å². The molecule has 5 heterocycles. The molecule has 0 unspecified atom stereocenters. The van der Waals surface area contributed by atoms with Crippen molar-refractivity contribution in [1.29, 1.82) is 0 Å². The molecule has 0 saturated carbocycles. The monoisotopic (exact) mass is 843 g/mol. The molecule has 0 bridgehead atoms. The van der Waals surface area contributed by atoms with Crippen molar-refractivity contribution in [1.82, 2.24) is 4.57 Å². The Hall–Kier alpha value is -8.74. The van der Waals surface area contributed by atoms with Gasteiger partial charge in [0, 0.05) is 60.1 Å². The van der Waals surface area contributed by atoms with E-state index in [0.29, 0.717) is 0 Å². The van der Waals surface area contributed by atoms with Crippen LogP contribution in [0, 0.1) is 0 Å². The van der Waals surface area contributed by atoms with Gasteiger partial charge in [-0.1, -0.05) is 121 Å². The maximum absolute atomic E-state index is 6.96. The van der Waals surface area contributed by atoms with Crippen LogP contribution in [-0.2, 0) is 0 Å². The van der Waals surface area contributed by atoms with Gasteiger partial charge in [0.25, 0.3) is 0 Å². The van der Waals surface area contributed by atoms with Crippen molar-refractivity contribution in [2.45, 2.75) is 0 Å². The fourth-order valence-electron chi connectivity index (χ4n) is 10.8. The molecule has 2 aliphatic rings. The minimum atomic E-state index is -0.315. The Bertz CT molecular complexity index is 4160. The van der Waals surface area contributed by atoms with Crippen LogP contribution in [0.15, 0.2) is 215 Å². The number of benzene rings is 10. The average molecular weight is 844 g/mol. The molecular weight excluding hydrogens is 809 g/mol. The van der Waals surface area contributed by atoms with Gasteiger partial charge in [-0.25, -0.2) is 0 Å². The summed E-state index contributed by atoms with van der Waals surface area (Å²) in [4.78, 5) is 0. The molecule has 66 heavy (non-hydrogen) atoms. The third-order valence-electron chi connectivity index (χ3n) is 13.9. The van der Waals surface area contributed by atoms with E-state index in [4.69, 9.17) is 18.2 Å². The molecule has 10 aromatic carbocycles. The minimum Gasteiger partial charge on any atom is -0.551 e. The summed E-state index contributed by atoms with van der Waals surface area (Å²) in [6.07, 6.45) is 0. The van der Waals surface area contributed by atoms with Gasteiger partial charge in [0.1, 0.15) is 39.6 Å². The summed E-state index contributed by atoms with van der Waals surface area (Å²) in [5.41, 5.74) is 17.5. The molecule has 0 atom stereocenters. The highest BCUT2D eigenvalue weighted by Gasteiger charge is 2.41. The smallest absolute Gasteiger partial charge is 0.434 e. The van der Waals surface area contributed by atoms with Crippen molar-refractivity contribution in [3.8, 4) is 67.4 Å². The lowest BCUT2D eigenvalue weighted by Crippen LogP contribution is -2.53. The van der Waals surface area contributed by atoms with Crippen LogP contribution >= 0.6 is 0 Å². The highest BCUT2D eigenvalue weighted by Crippen LogP contribution is 2.46. The Morgan fingerprint density at radius 3 is 1.88 bits per heavy atom. The van der Waals surface area contributed by atoms with Gasteiger partial charge in [0.2, 0.25) is 0 Å². The van der Waals surface area contributed by atoms with Crippen LogP contribution in [0.5, 0.6) is 17.2 Å². The zero-order chi connectivity index (χ0) is 43.0. The molecule has 3 aromatic heterocycles. The number of para-hydroxylation sites is 5. The maximum Gasteiger partial charge on any atom is 0.434 e. The Balaban J connectivity index is 0.874. The van der Waals surface area contributed by atoms with Gasteiger partial charge in [0.15, 0.2) is 0 Å². The van der Waals surface area contributed by atoms with E-state index < -0.39 is 0 Å². The zero-order valence-electron chi connectivity index (χ0n) is 35.3. The van der Waals surface area contributed by atoms with Crippen LogP contribution in [0.4, 0.5) is 0 Å². The van der Waals surface area contributed by atoms with Crippen LogP contribution in [0.3, 0.4) is 0 Å². The second-order valence-electron chi connectivity index (χ2n) is 17.5. The Morgan fingerprint density at radius 1 is 0.348 bits per heavy atom. The second-order valence-corrected chi connectivity index (χ2v) is 17.5. The van der Waals surface area contributed by atoms with E-state index in [0.717, 1.165) is 122 Å². The summed E-state index contributed by atoms with van der Waals surface area (Å²) >= 11 is 0. The van der Waals surface area contributed by atoms with Crippen LogP contribution in [0.1, 0.15) is 0 Å². The molecule has 0 amide bonds. The second kappa shape index (κ2) is 13.4. The molecule has 0 saturated heterocycles. The predicted molar refractivity (Wildman–Crippen MR) is 269 cm³/mol. The van der Waals surface area contributed by atoms with Gasteiger partial charge in [-0.3, -0.25) is 0 Å². The average Bonchev–Trinajstić information content (AvgIpc) is 4.05. The molecule has 0 radical (unpaired) electrons. The van der Waals surface area contributed by atoms with Crippen molar-refractivity contribution in [3.63, 3.8) is 0 Å². The normalized spacial score (nSPS) is 12.8. The van der Waals surface area contributed by atoms with Gasteiger partial charge >= 0.3 is 6.92 Å². The van der Waals surface area contributed by atoms with Crippen molar-refractivity contribution >= 4 is 83.5 Å². The van der Waals surface area contributed by atoms with E-state index in [1.54, 1.807) is 0 Å². The van der Waals surface area contributed by atoms with Crippen molar-refractivity contribution in [3.05, 3.63) is 206 Å². The summed E-state index contributed by atoms with van der Waals surface area (Å²) in [6, 6.07) is 73.0. The molecule has 306 valence electrons. The molecular formula is C60H34BNO4. The largest absolute Gasteiger partial charge is 0.551 e. The minimum absolute atomic E-state index is 0.315. The molecule has 15 rings (SSSR count). The molecule has 13 aromatic rings. The van der Waals surface area contributed by atoms with Crippen molar-refractivity contribution < 1.29 is 18.2 Å². The van der Waals surface area contributed by atoms with Gasteiger partial charge in [-0.05, 0) is 118 Å². The van der Waals surface area contributed by atoms with E-state index in [1.807, 2.05) is 24.3 Å². The lowest BCUT2D eigenvalue weighted by molar-refractivity contribution is 0.479. The molecule has 2 aliphatic heterocycles. The molecule has 5 nitrogen and oxygen atoms in total. The first kappa shape index (κ1) is 35.7. The van der Waals surface area contributed by atoms with Gasteiger partial charge < -0.3 is 22.8 Å². The number of hydrogen-bond donors (Lipinski definition) is 0. The summed E-state index contributed by atoms with van der Waals surface area (Å²) < 4.78 is 29.2. The standard InChI is InChI=1S/C60H34BNO4/c1-5-19-51-42(13-1)43-14-2-6-20-52(43)62(51)40-25-28-54-48(34-40)46-17-10-16-41(60(46)65-54)39-31-49-47-30-37(24-27-55(47)66-61-50-18-4-8-22-56(50)64-58(33-39)59(49)61)35-11-9-12-36(29-35)38-23-26-45-44-15-3-7-21-53(44)63-57(45)32-38/h1-34H. The Morgan fingerprint density at radius 2 is 1.02 bits per heavy atom. The first-order chi connectivity index (χ1) is 32.7. The number of hydrogen-bond acceptors (Lipinski definition) is 4. The molecule has 6 heteroatoms. The fourth-order valence-corrected chi connectivity index (χ4v) is 10.8. The fraction of sp³-hybridized carbons (Fsp3) is 0. The predicted octanol–water partition coefficient (Wildman–Crippen LogP) is 14.9. The van der Waals surface area contributed by atoms with Crippen LogP contribution < -0.4 is 20.3 Å². The molecule has 0 spiro atoms. The van der Waals surface area contributed by atoms with Gasteiger partial charge in [0.05, 0.1) is 11.0 Å². The van der Waals surface area contributed by atoms with E-state index in [9.17, 15) is 0 Å². The zero-order valence-corrected chi connectivity index (χ0v) is 35.3. The van der Waals surface area contributed by atoms with Crippen LogP contribution in [0.2, 0.25) is 0 Å². The molecule has 0 N–H and O–H groups in total. The first-order valence-electron chi connectivity index (χ1n) is 22.4. The van der Waals surface area contributed by atoms with E-state index in [-0.39, 0.29) is 6.92 Å². The third kappa shape index (κ3) is 5.12. The van der Waals surface area contributed by atoms with Crippen molar-refractivity contribution in [2.75, 3.05) is 0 Å². The molecule has 0 fully saturated rings. The summed E-state index contributed by atoms with van der Waals surface area (Å²) in [5.74, 6) is 2.42. The first-order valence-corrected chi connectivity index (χ1v) is 22.4. The molecule has 0 aliphatic carbocycles. The SMILES string of the molecule is c1cc(-c2ccc3c(c2)-c2cc(-c4cccc5c4oc4ccc(-n6c7ccccc7c7ccccc76)cc45)cc4c2B(O3)c2ccccc2O4)cc(-c2ccc3c(c2)oc2ccccc23)c1. The number of ether oxygens (including phenoxy) is 1. The number of nitrogens with zero attached hydrogens (tertiary/aromatic N) is 1. The van der Waals surface area contributed by atoms with Gasteiger partial charge in [-0.2, -0.15) is 0 Å². The van der Waals surface area contributed by atoms with Crippen LogP contribution in [-0.4, -0.2) is 11.5 Å². The highest BCUT2D eigenvalue weighted by atomic mass is 16.5. The topological polar surface area (TPSA) is 49.7 Å². The number of furan rings is 2. The number of aromatic nitrogens is 1. The Kier molecular flexibility index (Phi) is 7.24. The third-order valence-corrected chi connectivity index (χ3v) is 13.9. The highest BCUT2D eigenvalue weighted by molar-refractivity contribution is 6.84. The lowest BCUT2D eigenvalue weighted by Gasteiger charge is -2.33. The van der Waals surface area contributed by atoms with E-state index in [1.165, 1.54) is 21.8 Å².